The van der Waals surface area contributed by atoms with E-state index in [0.717, 1.165) is 5.56 Å². The largest absolute Gasteiger partial charge is 0.481 e. The zero-order chi connectivity index (χ0) is 24.5. The van der Waals surface area contributed by atoms with Gasteiger partial charge < -0.3 is 19.9 Å². The normalized spacial score (nSPS) is 15.0. The van der Waals surface area contributed by atoms with E-state index in [0.29, 0.717) is 25.7 Å². The number of benzene rings is 1. The molecule has 0 unspecified atom stereocenters. The number of carboxylic acids is 1. The molecular weight excluding hydrogens is 430 g/mol. The van der Waals surface area contributed by atoms with Gasteiger partial charge in [0.1, 0.15) is 12.2 Å². The Kier molecular flexibility index (Phi) is 9.07. The fourth-order valence-electron chi connectivity index (χ4n) is 3.18. The van der Waals surface area contributed by atoms with E-state index in [1.807, 2.05) is 18.2 Å². The third-order valence-corrected chi connectivity index (χ3v) is 4.86. The minimum Gasteiger partial charge on any atom is -0.481 e. The fraction of sp³-hybridized carbons (Fsp3) is 0.565. The minimum atomic E-state index is -1.75. The molecule has 3 amide bonds. The molecule has 1 fully saturated rings. The van der Waals surface area contributed by atoms with Crippen molar-refractivity contribution in [2.24, 2.45) is 5.92 Å². The Bertz CT molecular complexity index is 834. The third kappa shape index (κ3) is 8.99. The monoisotopic (exact) mass is 463 g/mol. The van der Waals surface area contributed by atoms with Gasteiger partial charge >= 0.3 is 18.2 Å². The Labute approximate surface area is 193 Å². The number of carbonyl (C=O) groups is 4. The minimum absolute atomic E-state index is 0.00331. The van der Waals surface area contributed by atoms with Gasteiger partial charge in [-0.05, 0) is 52.0 Å². The summed E-state index contributed by atoms with van der Waals surface area (Å²) >= 11 is 0. The molecule has 0 heterocycles. The number of carbonyl (C=O) groups excluding carboxylic acids is 3. The van der Waals surface area contributed by atoms with E-state index in [-0.39, 0.29) is 25.5 Å². The maximum absolute atomic E-state index is 13.2. The third-order valence-electron chi connectivity index (χ3n) is 4.86. The highest BCUT2D eigenvalue weighted by Gasteiger charge is 2.54. The Hall–Kier alpha value is -3.30. The van der Waals surface area contributed by atoms with E-state index < -0.39 is 35.3 Å². The Morgan fingerprint density at radius 3 is 2.21 bits per heavy atom. The van der Waals surface area contributed by atoms with Crippen LogP contribution in [0.5, 0.6) is 0 Å². The molecule has 1 saturated carbocycles. The van der Waals surface area contributed by atoms with Gasteiger partial charge in [-0.2, -0.15) is 0 Å². The predicted molar refractivity (Wildman–Crippen MR) is 119 cm³/mol. The van der Waals surface area contributed by atoms with Crippen molar-refractivity contribution in [2.75, 3.05) is 6.54 Å². The van der Waals surface area contributed by atoms with Crippen LogP contribution in [-0.2, 0) is 25.7 Å². The number of unbranched alkanes of at least 4 members (excludes halogenated alkanes) is 1. The standard InChI is InChI=1S/C23H33N3O7/c1-22(2,3)33-21(31)26-23(17-12-13-17,19(29)24-14-8-7-11-18(27)28)25-20(30)32-15-16-9-5-4-6-10-16/h4-6,9-10,17H,7-8,11-15H2,1-3H3,(H,24,29)(H,25,30)(H,26,31)(H,27,28)/t23-/m0/s1. The van der Waals surface area contributed by atoms with Crippen molar-refractivity contribution in [3.8, 4) is 0 Å². The lowest BCUT2D eigenvalue weighted by atomic mass is 10.0. The van der Waals surface area contributed by atoms with Gasteiger partial charge in [0.2, 0.25) is 5.66 Å². The highest BCUT2D eigenvalue weighted by molar-refractivity contribution is 5.93. The SMILES string of the molecule is CC(C)(C)OC(=O)N[C@](NC(=O)OCc1ccccc1)(C(=O)NCCCCC(=O)O)C1CC1. The van der Waals surface area contributed by atoms with E-state index in [2.05, 4.69) is 16.0 Å². The van der Waals surface area contributed by atoms with Gasteiger partial charge in [-0.25, -0.2) is 9.59 Å². The highest BCUT2D eigenvalue weighted by atomic mass is 16.6. The summed E-state index contributed by atoms with van der Waals surface area (Å²) < 4.78 is 10.6. The van der Waals surface area contributed by atoms with Crippen LogP contribution in [0.3, 0.4) is 0 Å². The summed E-state index contributed by atoms with van der Waals surface area (Å²) in [6, 6.07) is 9.06. The molecule has 0 saturated heterocycles. The number of ether oxygens (including phenoxy) is 2. The van der Waals surface area contributed by atoms with Crippen molar-refractivity contribution in [3.63, 3.8) is 0 Å². The molecule has 1 aromatic rings. The summed E-state index contributed by atoms with van der Waals surface area (Å²) in [5, 5.41) is 16.6. The first-order valence-corrected chi connectivity index (χ1v) is 11.0. The van der Waals surface area contributed by atoms with Crippen molar-refractivity contribution >= 4 is 24.1 Å². The Balaban J connectivity index is 2.10. The second-order valence-electron chi connectivity index (χ2n) is 9.00. The number of hydrogen-bond acceptors (Lipinski definition) is 6. The zero-order valence-electron chi connectivity index (χ0n) is 19.3. The van der Waals surface area contributed by atoms with Gasteiger partial charge in [-0.3, -0.25) is 20.2 Å². The first-order valence-electron chi connectivity index (χ1n) is 11.0. The van der Waals surface area contributed by atoms with Gasteiger partial charge in [-0.15, -0.1) is 0 Å². The smallest absolute Gasteiger partial charge is 0.409 e. The molecule has 0 bridgehead atoms. The zero-order valence-corrected chi connectivity index (χ0v) is 19.3. The molecule has 1 aliphatic rings. The van der Waals surface area contributed by atoms with Gasteiger partial charge in [-0.1, -0.05) is 30.3 Å². The van der Waals surface area contributed by atoms with E-state index in [1.54, 1.807) is 32.9 Å². The number of aliphatic carboxylic acids is 1. The molecule has 0 radical (unpaired) electrons. The number of hydrogen-bond donors (Lipinski definition) is 4. The van der Waals surface area contributed by atoms with Crippen LogP contribution in [0.2, 0.25) is 0 Å². The summed E-state index contributed by atoms with van der Waals surface area (Å²) in [4.78, 5) is 49.0. The predicted octanol–water partition coefficient (Wildman–Crippen LogP) is 2.91. The number of carboxylic acid groups (broad SMARTS) is 1. The summed E-state index contributed by atoms with van der Waals surface area (Å²) in [7, 11) is 0. The Morgan fingerprint density at radius 2 is 1.64 bits per heavy atom. The first kappa shape index (κ1) is 26.0. The van der Waals surface area contributed by atoms with Crippen LogP contribution in [0.15, 0.2) is 30.3 Å². The molecule has 4 N–H and O–H groups in total. The molecule has 0 aliphatic heterocycles. The van der Waals surface area contributed by atoms with Crippen LogP contribution in [0.25, 0.3) is 0 Å². The summed E-state index contributed by atoms with van der Waals surface area (Å²) in [6.07, 6.45) is 0.329. The maximum atomic E-state index is 13.2. The second-order valence-corrected chi connectivity index (χ2v) is 9.00. The van der Waals surface area contributed by atoms with Crippen LogP contribution >= 0.6 is 0 Å². The second kappa shape index (κ2) is 11.5. The lowest BCUT2D eigenvalue weighted by molar-refractivity contribution is -0.137. The van der Waals surface area contributed by atoms with Crippen molar-refractivity contribution in [3.05, 3.63) is 35.9 Å². The maximum Gasteiger partial charge on any atom is 0.409 e. The van der Waals surface area contributed by atoms with Crippen LogP contribution in [0.4, 0.5) is 9.59 Å². The van der Waals surface area contributed by atoms with Gasteiger partial charge in [0.15, 0.2) is 0 Å². The molecule has 10 nitrogen and oxygen atoms in total. The number of rotatable bonds is 11. The van der Waals surface area contributed by atoms with Gasteiger partial charge in [0.05, 0.1) is 0 Å². The molecule has 0 aromatic heterocycles. The topological polar surface area (TPSA) is 143 Å². The first-order chi connectivity index (χ1) is 15.5. The van der Waals surface area contributed by atoms with Crippen LogP contribution in [0.1, 0.15) is 58.4 Å². The number of nitrogens with one attached hydrogen (secondary N) is 3. The number of alkyl carbamates (subject to hydrolysis) is 2. The van der Waals surface area contributed by atoms with Crippen LogP contribution < -0.4 is 16.0 Å². The summed E-state index contributed by atoms with van der Waals surface area (Å²) in [6.45, 7) is 5.26. The summed E-state index contributed by atoms with van der Waals surface area (Å²) in [5.74, 6) is -1.86. The Morgan fingerprint density at radius 1 is 1.00 bits per heavy atom. The van der Waals surface area contributed by atoms with Crippen molar-refractivity contribution in [1.29, 1.82) is 0 Å². The fourth-order valence-corrected chi connectivity index (χ4v) is 3.18. The molecular formula is C23H33N3O7. The van der Waals surface area contributed by atoms with E-state index >= 15 is 0 Å². The van der Waals surface area contributed by atoms with E-state index in [4.69, 9.17) is 14.6 Å². The van der Waals surface area contributed by atoms with Gasteiger partial charge in [0, 0.05) is 18.9 Å². The molecule has 0 spiro atoms. The molecule has 1 aromatic carbocycles. The molecule has 10 heteroatoms. The van der Waals surface area contributed by atoms with E-state index in [9.17, 15) is 19.2 Å². The quantitative estimate of drug-likeness (QED) is 0.292. The average molecular weight is 464 g/mol. The van der Waals surface area contributed by atoms with Crippen molar-refractivity contribution < 1.29 is 33.8 Å². The van der Waals surface area contributed by atoms with Crippen LogP contribution in [-0.4, -0.2) is 47.0 Å². The molecule has 1 aliphatic carbocycles. The lowest BCUT2D eigenvalue weighted by Crippen LogP contribution is -2.70. The van der Waals surface area contributed by atoms with Gasteiger partial charge in [0.25, 0.3) is 5.91 Å². The van der Waals surface area contributed by atoms with E-state index in [1.165, 1.54) is 0 Å². The number of amides is 3. The molecule has 2 rings (SSSR count). The van der Waals surface area contributed by atoms with Crippen LogP contribution in [0, 0.1) is 5.92 Å². The lowest BCUT2D eigenvalue weighted by Gasteiger charge is -2.34. The highest BCUT2D eigenvalue weighted by Crippen LogP contribution is 2.39. The summed E-state index contributed by atoms with van der Waals surface area (Å²) in [5.41, 5.74) is -1.78. The average Bonchev–Trinajstić information content (AvgIpc) is 3.56. The van der Waals surface area contributed by atoms with Crippen molar-refractivity contribution in [2.45, 2.75) is 70.7 Å². The molecule has 182 valence electrons. The molecule has 33 heavy (non-hydrogen) atoms. The van der Waals surface area contributed by atoms with Crippen molar-refractivity contribution in [1.82, 2.24) is 16.0 Å². The molecule has 1 atom stereocenters.